The van der Waals surface area contributed by atoms with Crippen molar-refractivity contribution in [2.45, 2.75) is 24.8 Å². The second kappa shape index (κ2) is 7.86. The third-order valence-electron chi connectivity index (χ3n) is 4.66. The lowest BCUT2D eigenvalue weighted by Gasteiger charge is -2.38. The van der Waals surface area contributed by atoms with Gasteiger partial charge in [0.2, 0.25) is 0 Å². The van der Waals surface area contributed by atoms with Crippen LogP contribution in [-0.4, -0.2) is 45.5 Å². The maximum atomic E-state index is 12.5. The Labute approximate surface area is 160 Å². The van der Waals surface area contributed by atoms with Crippen molar-refractivity contribution in [2.24, 2.45) is 0 Å². The van der Waals surface area contributed by atoms with Gasteiger partial charge in [-0.3, -0.25) is 9.62 Å². The molecule has 0 radical (unpaired) electrons. The number of halogens is 1. The summed E-state index contributed by atoms with van der Waals surface area (Å²) in [6.45, 7) is 8.47. The van der Waals surface area contributed by atoms with Crippen molar-refractivity contribution < 1.29 is 8.42 Å². The van der Waals surface area contributed by atoms with Crippen molar-refractivity contribution in [3.05, 3.63) is 53.6 Å². The van der Waals surface area contributed by atoms with Crippen LogP contribution in [0.15, 0.2) is 53.4 Å². The molecule has 3 rings (SSSR count). The van der Waals surface area contributed by atoms with Crippen LogP contribution >= 0.6 is 11.6 Å². The van der Waals surface area contributed by atoms with Crippen LogP contribution in [0.2, 0.25) is 5.02 Å². The molecule has 140 valence electrons. The molecule has 0 bridgehead atoms. The van der Waals surface area contributed by atoms with Gasteiger partial charge in [-0.15, -0.1) is 0 Å². The zero-order valence-electron chi connectivity index (χ0n) is 15.0. The molecular formula is C19H24ClN3O2S. The monoisotopic (exact) mass is 393 g/mol. The molecule has 0 aromatic heterocycles. The zero-order chi connectivity index (χ0) is 18.7. The molecule has 1 heterocycles. The first kappa shape index (κ1) is 19.0. The molecule has 0 atom stereocenters. The molecule has 0 saturated carbocycles. The Kier molecular flexibility index (Phi) is 5.75. The quantitative estimate of drug-likeness (QED) is 0.842. The first-order valence-electron chi connectivity index (χ1n) is 8.73. The van der Waals surface area contributed by atoms with Crippen molar-refractivity contribution in [3.63, 3.8) is 0 Å². The molecule has 5 nitrogen and oxygen atoms in total. The van der Waals surface area contributed by atoms with Gasteiger partial charge in [0.25, 0.3) is 10.0 Å². The number of nitrogens with zero attached hydrogens (tertiary/aromatic N) is 2. The second-order valence-electron chi connectivity index (χ2n) is 6.70. The van der Waals surface area contributed by atoms with Gasteiger partial charge in [0.1, 0.15) is 4.90 Å². The van der Waals surface area contributed by atoms with Gasteiger partial charge < -0.3 is 4.90 Å². The fraction of sp³-hybridized carbons (Fsp3) is 0.368. The smallest absolute Gasteiger partial charge is 0.263 e. The molecule has 1 aliphatic heterocycles. The van der Waals surface area contributed by atoms with E-state index in [2.05, 4.69) is 28.4 Å². The third-order valence-corrected chi connectivity index (χ3v) is 6.54. The van der Waals surface area contributed by atoms with Crippen molar-refractivity contribution in [2.75, 3.05) is 35.8 Å². The summed E-state index contributed by atoms with van der Waals surface area (Å²) in [6, 6.07) is 14.5. The molecule has 1 saturated heterocycles. The van der Waals surface area contributed by atoms with Gasteiger partial charge in [-0.05, 0) is 50.2 Å². The molecule has 1 fully saturated rings. The normalized spacial score (nSPS) is 16.1. The highest BCUT2D eigenvalue weighted by atomic mass is 35.5. The largest absolute Gasteiger partial charge is 0.369 e. The molecule has 0 unspecified atom stereocenters. The number of anilines is 2. The molecule has 26 heavy (non-hydrogen) atoms. The van der Waals surface area contributed by atoms with E-state index < -0.39 is 10.0 Å². The van der Waals surface area contributed by atoms with Crippen LogP contribution in [0.1, 0.15) is 13.8 Å². The van der Waals surface area contributed by atoms with E-state index in [0.29, 0.717) is 11.7 Å². The molecule has 1 aliphatic rings. The first-order chi connectivity index (χ1) is 12.4. The molecule has 1 N–H and O–H groups in total. The van der Waals surface area contributed by atoms with Crippen LogP contribution in [0.3, 0.4) is 0 Å². The van der Waals surface area contributed by atoms with E-state index in [1.54, 1.807) is 30.3 Å². The number of nitrogens with one attached hydrogen (secondary N) is 1. The number of sulfonamides is 1. The highest BCUT2D eigenvalue weighted by molar-refractivity contribution is 7.92. The SMILES string of the molecule is CC(C)N1CCN(c2ccc(NS(=O)(=O)c3ccccc3Cl)cc2)CC1. The van der Waals surface area contributed by atoms with E-state index in [1.807, 2.05) is 12.1 Å². The lowest BCUT2D eigenvalue weighted by atomic mass is 10.2. The lowest BCUT2D eigenvalue weighted by molar-refractivity contribution is 0.209. The van der Waals surface area contributed by atoms with E-state index in [9.17, 15) is 8.42 Å². The number of hydrogen-bond acceptors (Lipinski definition) is 4. The highest BCUT2D eigenvalue weighted by Crippen LogP contribution is 2.25. The predicted octanol–water partition coefficient (Wildman–Crippen LogP) is 3.67. The van der Waals surface area contributed by atoms with Crippen molar-refractivity contribution in [1.29, 1.82) is 0 Å². The van der Waals surface area contributed by atoms with Gasteiger partial charge in [0.05, 0.1) is 5.02 Å². The highest BCUT2D eigenvalue weighted by Gasteiger charge is 2.20. The number of rotatable bonds is 5. The van der Waals surface area contributed by atoms with Gasteiger partial charge in [-0.25, -0.2) is 8.42 Å². The van der Waals surface area contributed by atoms with Crippen LogP contribution in [0, 0.1) is 0 Å². The fourth-order valence-electron chi connectivity index (χ4n) is 3.11. The summed E-state index contributed by atoms with van der Waals surface area (Å²) in [6.07, 6.45) is 0. The maximum absolute atomic E-state index is 12.5. The minimum Gasteiger partial charge on any atom is -0.369 e. The molecule has 0 amide bonds. The summed E-state index contributed by atoms with van der Waals surface area (Å²) >= 11 is 6.01. The molecule has 2 aromatic carbocycles. The Morgan fingerprint density at radius 2 is 1.58 bits per heavy atom. The summed E-state index contributed by atoms with van der Waals surface area (Å²) in [4.78, 5) is 4.86. The zero-order valence-corrected chi connectivity index (χ0v) is 16.6. The molecule has 0 aliphatic carbocycles. The van der Waals surface area contributed by atoms with E-state index >= 15 is 0 Å². The summed E-state index contributed by atoms with van der Waals surface area (Å²) in [7, 11) is -3.70. The first-order valence-corrected chi connectivity index (χ1v) is 10.6. The Hall–Kier alpha value is -1.76. The number of piperazine rings is 1. The maximum Gasteiger partial charge on any atom is 0.263 e. The molecule has 7 heteroatoms. The van der Waals surface area contributed by atoms with Crippen LogP contribution < -0.4 is 9.62 Å². The van der Waals surface area contributed by atoms with Crippen LogP contribution in [0.5, 0.6) is 0 Å². The van der Waals surface area contributed by atoms with Gasteiger partial charge >= 0.3 is 0 Å². The molecule has 2 aromatic rings. The van der Waals surface area contributed by atoms with E-state index in [1.165, 1.54) is 6.07 Å². The standard InChI is InChI=1S/C19H24ClN3O2S/c1-15(2)22-11-13-23(14-12-22)17-9-7-16(8-10-17)21-26(24,25)19-6-4-3-5-18(19)20/h3-10,15,21H,11-14H2,1-2H3. The topological polar surface area (TPSA) is 52.6 Å². The summed E-state index contributed by atoms with van der Waals surface area (Å²) < 4.78 is 27.6. The average Bonchev–Trinajstić information content (AvgIpc) is 2.62. The average molecular weight is 394 g/mol. The fourth-order valence-corrected chi connectivity index (χ4v) is 4.69. The van der Waals surface area contributed by atoms with Crippen LogP contribution in [-0.2, 0) is 10.0 Å². The Bertz CT molecular complexity index is 845. The Morgan fingerprint density at radius 3 is 2.15 bits per heavy atom. The third kappa shape index (κ3) is 4.31. The van der Waals surface area contributed by atoms with E-state index in [0.717, 1.165) is 31.9 Å². The van der Waals surface area contributed by atoms with Crippen LogP contribution in [0.25, 0.3) is 0 Å². The van der Waals surface area contributed by atoms with E-state index in [-0.39, 0.29) is 9.92 Å². The second-order valence-corrected chi connectivity index (χ2v) is 8.76. The van der Waals surface area contributed by atoms with Crippen molar-refractivity contribution in [1.82, 2.24) is 4.90 Å². The molecule has 0 spiro atoms. The van der Waals surface area contributed by atoms with Gasteiger partial charge in [0.15, 0.2) is 0 Å². The van der Waals surface area contributed by atoms with Gasteiger partial charge in [-0.1, -0.05) is 23.7 Å². The minimum atomic E-state index is -3.70. The predicted molar refractivity (Wildman–Crippen MR) is 108 cm³/mol. The minimum absolute atomic E-state index is 0.0792. The summed E-state index contributed by atoms with van der Waals surface area (Å²) in [5.41, 5.74) is 1.63. The lowest BCUT2D eigenvalue weighted by Crippen LogP contribution is -2.48. The Morgan fingerprint density at radius 1 is 0.962 bits per heavy atom. The van der Waals surface area contributed by atoms with Gasteiger partial charge in [0, 0.05) is 43.6 Å². The Balaban J connectivity index is 1.68. The van der Waals surface area contributed by atoms with Gasteiger partial charge in [-0.2, -0.15) is 0 Å². The van der Waals surface area contributed by atoms with Crippen molar-refractivity contribution in [3.8, 4) is 0 Å². The summed E-state index contributed by atoms with van der Waals surface area (Å²) in [5, 5.41) is 0.208. The van der Waals surface area contributed by atoms with Crippen LogP contribution in [0.4, 0.5) is 11.4 Å². The number of benzene rings is 2. The number of hydrogen-bond donors (Lipinski definition) is 1. The van der Waals surface area contributed by atoms with Crippen molar-refractivity contribution >= 4 is 33.0 Å². The van der Waals surface area contributed by atoms with E-state index in [4.69, 9.17) is 11.6 Å². The molecular weight excluding hydrogens is 370 g/mol. The summed E-state index contributed by atoms with van der Waals surface area (Å²) in [5.74, 6) is 0.